The molecule has 2 N–H and O–H groups in total. The summed E-state index contributed by atoms with van der Waals surface area (Å²) in [5, 5.41) is 9.02. The number of rotatable bonds is 5. The molecule has 0 unspecified atom stereocenters. The number of carboxylic acids is 1. The van der Waals surface area contributed by atoms with Crippen molar-refractivity contribution in [2.45, 2.75) is 36.6 Å². The van der Waals surface area contributed by atoms with Gasteiger partial charge in [0.25, 0.3) is 5.91 Å². The molecule has 1 saturated heterocycles. The van der Waals surface area contributed by atoms with Crippen molar-refractivity contribution in [3.8, 4) is 0 Å². The largest absolute Gasteiger partial charge is 0.481 e. The lowest BCUT2D eigenvalue weighted by Crippen LogP contribution is -2.40. The Bertz CT molecular complexity index is 779. The van der Waals surface area contributed by atoms with Crippen molar-refractivity contribution in [1.82, 2.24) is 9.62 Å². The molecule has 0 bridgehead atoms. The maximum absolute atomic E-state index is 12.6. The van der Waals surface area contributed by atoms with Gasteiger partial charge in [-0.15, -0.1) is 0 Å². The smallest absolute Gasteiger partial charge is 0.306 e. The molecule has 8 nitrogen and oxygen atoms in total. The van der Waals surface area contributed by atoms with E-state index in [0.717, 1.165) is 0 Å². The van der Waals surface area contributed by atoms with E-state index in [4.69, 9.17) is 9.84 Å². The highest BCUT2D eigenvalue weighted by Crippen LogP contribution is 2.25. The number of hydrogen-bond acceptors (Lipinski definition) is 5. The molecular weight excluding hydrogens is 372 g/mol. The van der Waals surface area contributed by atoms with E-state index in [1.807, 2.05) is 0 Å². The van der Waals surface area contributed by atoms with E-state index in [1.54, 1.807) is 4.90 Å². The Hall–Kier alpha value is -1.97. The summed E-state index contributed by atoms with van der Waals surface area (Å²) in [4.78, 5) is 25.2. The van der Waals surface area contributed by atoms with Crippen LogP contribution in [0, 0.1) is 5.92 Å². The standard InChI is InChI=1S/C18H24N2O6S/c21-17(20-9-11-26-12-10-20)13-3-7-16(8-4-13)27(24,25)19-15-5-1-14(2-6-15)18(22)23/h3-4,7-8,14-15,19H,1-2,5-6,9-12H2,(H,22,23). The molecule has 148 valence electrons. The van der Waals surface area contributed by atoms with Gasteiger partial charge in [-0.05, 0) is 49.9 Å². The maximum atomic E-state index is 12.6. The highest BCUT2D eigenvalue weighted by Gasteiger charge is 2.29. The van der Waals surface area contributed by atoms with Gasteiger partial charge in [0.2, 0.25) is 10.0 Å². The fourth-order valence-electron chi connectivity index (χ4n) is 3.47. The monoisotopic (exact) mass is 396 g/mol. The van der Waals surface area contributed by atoms with E-state index in [0.29, 0.717) is 57.6 Å². The third kappa shape index (κ3) is 4.85. The lowest BCUT2D eigenvalue weighted by atomic mass is 9.87. The van der Waals surface area contributed by atoms with E-state index in [9.17, 15) is 18.0 Å². The van der Waals surface area contributed by atoms with E-state index in [2.05, 4.69) is 4.72 Å². The number of carbonyl (C=O) groups excluding carboxylic acids is 1. The first-order valence-corrected chi connectivity index (χ1v) is 10.6. The zero-order valence-corrected chi connectivity index (χ0v) is 15.8. The van der Waals surface area contributed by atoms with Crippen molar-refractivity contribution in [2.75, 3.05) is 26.3 Å². The van der Waals surface area contributed by atoms with Crippen LogP contribution in [0.25, 0.3) is 0 Å². The van der Waals surface area contributed by atoms with Gasteiger partial charge < -0.3 is 14.7 Å². The van der Waals surface area contributed by atoms with Crippen LogP contribution in [0.15, 0.2) is 29.2 Å². The van der Waals surface area contributed by atoms with Crippen molar-refractivity contribution >= 4 is 21.9 Å². The summed E-state index contributed by atoms with van der Waals surface area (Å²) in [6.45, 7) is 2.07. The van der Waals surface area contributed by atoms with Crippen LogP contribution < -0.4 is 4.72 Å². The van der Waals surface area contributed by atoms with Crippen LogP contribution in [-0.4, -0.2) is 62.6 Å². The van der Waals surface area contributed by atoms with Gasteiger partial charge in [-0.1, -0.05) is 0 Å². The van der Waals surface area contributed by atoms with Crippen LogP contribution in [0.4, 0.5) is 0 Å². The summed E-state index contributed by atoms with van der Waals surface area (Å²) in [6, 6.07) is 5.64. The van der Waals surface area contributed by atoms with Gasteiger partial charge in [-0.3, -0.25) is 9.59 Å². The van der Waals surface area contributed by atoms with Gasteiger partial charge in [-0.2, -0.15) is 0 Å². The van der Waals surface area contributed by atoms with E-state index < -0.39 is 21.9 Å². The predicted octanol–water partition coefficient (Wildman–Crippen LogP) is 1.08. The molecule has 1 heterocycles. The summed E-state index contributed by atoms with van der Waals surface area (Å²) < 4.78 is 33.0. The number of benzene rings is 1. The molecule has 2 fully saturated rings. The van der Waals surface area contributed by atoms with Crippen LogP contribution in [-0.2, 0) is 19.6 Å². The zero-order valence-electron chi connectivity index (χ0n) is 15.0. The number of ether oxygens (including phenoxy) is 1. The lowest BCUT2D eigenvalue weighted by Gasteiger charge is -2.27. The molecule has 9 heteroatoms. The zero-order chi connectivity index (χ0) is 19.4. The van der Waals surface area contributed by atoms with E-state index in [1.165, 1.54) is 24.3 Å². The van der Waals surface area contributed by atoms with E-state index >= 15 is 0 Å². The van der Waals surface area contributed by atoms with Crippen molar-refractivity contribution in [3.05, 3.63) is 29.8 Å². The average Bonchev–Trinajstić information content (AvgIpc) is 2.68. The molecule has 1 saturated carbocycles. The predicted molar refractivity (Wildman–Crippen MR) is 96.9 cm³/mol. The first-order chi connectivity index (χ1) is 12.9. The van der Waals surface area contributed by atoms with Crippen LogP contribution in [0.2, 0.25) is 0 Å². The van der Waals surface area contributed by atoms with Crippen LogP contribution >= 0.6 is 0 Å². The third-order valence-corrected chi connectivity index (χ3v) is 6.64. The Balaban J connectivity index is 1.61. The lowest BCUT2D eigenvalue weighted by molar-refractivity contribution is -0.142. The molecule has 0 radical (unpaired) electrons. The molecule has 1 aliphatic heterocycles. The SMILES string of the molecule is O=C(O)C1CCC(NS(=O)(=O)c2ccc(C(=O)N3CCOCC3)cc2)CC1. The second kappa shape index (κ2) is 8.37. The van der Waals surface area contributed by atoms with E-state index in [-0.39, 0.29) is 16.8 Å². The molecule has 3 rings (SSSR count). The van der Waals surface area contributed by atoms with Crippen LogP contribution in [0.1, 0.15) is 36.0 Å². The molecular formula is C18H24N2O6S. The molecule has 2 aliphatic rings. The van der Waals surface area contributed by atoms with Crippen molar-refractivity contribution in [1.29, 1.82) is 0 Å². The Labute approximate surface area is 158 Å². The number of carboxylic acid groups (broad SMARTS) is 1. The number of carbonyl (C=O) groups is 2. The molecule has 0 atom stereocenters. The van der Waals surface area contributed by atoms with Crippen LogP contribution in [0.3, 0.4) is 0 Å². The molecule has 0 spiro atoms. The average molecular weight is 396 g/mol. The molecule has 27 heavy (non-hydrogen) atoms. The number of hydrogen-bond donors (Lipinski definition) is 2. The fraction of sp³-hybridized carbons (Fsp3) is 0.556. The van der Waals surface area contributed by atoms with Gasteiger partial charge >= 0.3 is 5.97 Å². The van der Waals surface area contributed by atoms with Crippen molar-refractivity contribution in [2.24, 2.45) is 5.92 Å². The molecule has 1 amide bonds. The number of amides is 1. The van der Waals surface area contributed by atoms with Gasteiger partial charge in [0, 0.05) is 24.7 Å². The third-order valence-electron chi connectivity index (χ3n) is 5.11. The Morgan fingerprint density at radius 3 is 2.19 bits per heavy atom. The van der Waals surface area contributed by atoms with Gasteiger partial charge in [0.1, 0.15) is 0 Å². The second-order valence-corrected chi connectivity index (χ2v) is 8.65. The minimum Gasteiger partial charge on any atom is -0.481 e. The first kappa shape index (κ1) is 19.8. The number of sulfonamides is 1. The summed E-state index contributed by atoms with van der Waals surface area (Å²) >= 11 is 0. The Morgan fingerprint density at radius 2 is 1.63 bits per heavy atom. The molecule has 1 aliphatic carbocycles. The first-order valence-electron chi connectivity index (χ1n) is 9.09. The van der Waals surface area contributed by atoms with Crippen molar-refractivity contribution in [3.63, 3.8) is 0 Å². The number of morpholine rings is 1. The molecule has 0 aromatic heterocycles. The minimum atomic E-state index is -3.71. The Kier molecular flexibility index (Phi) is 6.13. The summed E-state index contributed by atoms with van der Waals surface area (Å²) in [5.74, 6) is -1.35. The fourth-order valence-corrected chi connectivity index (χ4v) is 4.78. The number of nitrogens with zero attached hydrogens (tertiary/aromatic N) is 1. The summed E-state index contributed by atoms with van der Waals surface area (Å²) in [7, 11) is -3.71. The maximum Gasteiger partial charge on any atom is 0.306 e. The Morgan fingerprint density at radius 1 is 1.04 bits per heavy atom. The van der Waals surface area contributed by atoms with Gasteiger partial charge in [0.05, 0.1) is 24.0 Å². The number of nitrogens with one attached hydrogen (secondary N) is 1. The van der Waals surface area contributed by atoms with Gasteiger partial charge in [-0.25, -0.2) is 13.1 Å². The second-order valence-electron chi connectivity index (χ2n) is 6.94. The normalized spacial score (nSPS) is 23.8. The minimum absolute atomic E-state index is 0.0985. The highest BCUT2D eigenvalue weighted by molar-refractivity contribution is 7.89. The highest BCUT2D eigenvalue weighted by atomic mass is 32.2. The quantitative estimate of drug-likeness (QED) is 0.770. The van der Waals surface area contributed by atoms with Crippen LogP contribution in [0.5, 0.6) is 0 Å². The van der Waals surface area contributed by atoms with Gasteiger partial charge in [0.15, 0.2) is 0 Å². The topological polar surface area (TPSA) is 113 Å². The number of aliphatic carboxylic acids is 1. The van der Waals surface area contributed by atoms with Crippen molar-refractivity contribution < 1.29 is 27.9 Å². The molecule has 1 aromatic rings. The summed E-state index contributed by atoms with van der Waals surface area (Å²) in [5.41, 5.74) is 0.442. The summed E-state index contributed by atoms with van der Waals surface area (Å²) in [6.07, 6.45) is 1.94. The molecule has 1 aromatic carbocycles.